The molecule has 2 aromatic rings. The normalized spacial score (nSPS) is 19.0. The first-order valence-electron chi connectivity index (χ1n) is 11.6. The van der Waals surface area contributed by atoms with Gasteiger partial charge < -0.3 is 24.8 Å². The Morgan fingerprint density at radius 2 is 1.71 bits per heavy atom. The van der Waals surface area contributed by atoms with Crippen LogP contribution in [0.5, 0.6) is 0 Å². The Kier molecular flexibility index (Phi) is 7.17. The van der Waals surface area contributed by atoms with E-state index in [1.54, 1.807) is 18.7 Å². The Labute approximate surface area is 198 Å². The van der Waals surface area contributed by atoms with E-state index in [4.69, 9.17) is 14.6 Å². The second-order valence-electron chi connectivity index (χ2n) is 8.91. The molecule has 0 aromatic heterocycles. The molecule has 2 amide bonds. The van der Waals surface area contributed by atoms with Crippen LogP contribution in [0.1, 0.15) is 37.3 Å². The molecular formula is C26H30N2O6. The third-order valence-electron chi connectivity index (χ3n) is 6.75. The van der Waals surface area contributed by atoms with Gasteiger partial charge in [0.1, 0.15) is 6.61 Å². The maximum atomic E-state index is 13.0. The van der Waals surface area contributed by atoms with Crippen molar-refractivity contribution in [2.75, 3.05) is 26.4 Å². The van der Waals surface area contributed by atoms with Crippen LogP contribution in [0.25, 0.3) is 11.1 Å². The van der Waals surface area contributed by atoms with Crippen LogP contribution in [-0.4, -0.2) is 66.4 Å². The number of hydrogen-bond acceptors (Lipinski definition) is 5. The summed E-state index contributed by atoms with van der Waals surface area (Å²) in [6.45, 7) is 4.56. The van der Waals surface area contributed by atoms with Gasteiger partial charge in [-0.2, -0.15) is 0 Å². The summed E-state index contributed by atoms with van der Waals surface area (Å²) < 4.78 is 10.9. The van der Waals surface area contributed by atoms with Gasteiger partial charge in [-0.3, -0.25) is 9.59 Å². The summed E-state index contributed by atoms with van der Waals surface area (Å²) in [5.41, 5.74) is 4.57. The summed E-state index contributed by atoms with van der Waals surface area (Å²) >= 11 is 0. The van der Waals surface area contributed by atoms with E-state index in [-0.39, 0.29) is 31.5 Å². The number of carbonyl (C=O) groups is 3. The lowest BCUT2D eigenvalue weighted by Gasteiger charge is -2.37. The van der Waals surface area contributed by atoms with Gasteiger partial charge in [0, 0.05) is 18.5 Å². The molecule has 3 unspecified atom stereocenters. The first kappa shape index (κ1) is 23.8. The number of ether oxygens (including phenoxy) is 2. The number of benzene rings is 2. The minimum atomic E-state index is -0.981. The molecule has 1 aliphatic carbocycles. The molecule has 2 aliphatic rings. The fourth-order valence-corrected chi connectivity index (χ4v) is 4.74. The number of nitrogens with one attached hydrogen (secondary N) is 1. The van der Waals surface area contributed by atoms with Gasteiger partial charge in [-0.1, -0.05) is 55.5 Å². The number of carbonyl (C=O) groups excluding carboxylic acids is 2. The van der Waals surface area contributed by atoms with Crippen molar-refractivity contribution in [2.45, 2.75) is 38.3 Å². The van der Waals surface area contributed by atoms with E-state index >= 15 is 0 Å². The quantitative estimate of drug-likeness (QED) is 0.649. The van der Waals surface area contributed by atoms with Gasteiger partial charge in [0.15, 0.2) is 0 Å². The minimum Gasteiger partial charge on any atom is -0.481 e. The average molecular weight is 467 g/mol. The highest BCUT2D eigenvalue weighted by molar-refractivity contribution is 5.82. The predicted octanol–water partition coefficient (Wildman–Crippen LogP) is 3.25. The Bertz CT molecular complexity index is 1030. The van der Waals surface area contributed by atoms with Gasteiger partial charge in [0.25, 0.3) is 0 Å². The van der Waals surface area contributed by atoms with E-state index in [1.165, 1.54) is 0 Å². The molecule has 4 rings (SSSR count). The predicted molar refractivity (Wildman–Crippen MR) is 125 cm³/mol. The van der Waals surface area contributed by atoms with Crippen LogP contribution in [0.2, 0.25) is 0 Å². The first-order valence-corrected chi connectivity index (χ1v) is 11.6. The number of amides is 2. The van der Waals surface area contributed by atoms with Crippen molar-refractivity contribution in [3.63, 3.8) is 0 Å². The van der Waals surface area contributed by atoms with Gasteiger partial charge in [0.05, 0.1) is 31.6 Å². The summed E-state index contributed by atoms with van der Waals surface area (Å²) in [6, 6.07) is 15.2. The smallest absolute Gasteiger partial charge is 0.407 e. The summed E-state index contributed by atoms with van der Waals surface area (Å²) in [7, 11) is 0. The lowest BCUT2D eigenvalue weighted by Crippen LogP contribution is -2.54. The zero-order chi connectivity index (χ0) is 24.2. The van der Waals surface area contributed by atoms with E-state index in [2.05, 4.69) is 29.6 Å². The van der Waals surface area contributed by atoms with Crippen molar-refractivity contribution in [3.05, 3.63) is 59.7 Å². The first-order chi connectivity index (χ1) is 16.4. The fraction of sp³-hybridized carbons (Fsp3) is 0.423. The molecule has 1 fully saturated rings. The number of rotatable bonds is 7. The molecule has 2 N–H and O–H groups in total. The zero-order valence-corrected chi connectivity index (χ0v) is 19.4. The molecule has 1 heterocycles. The number of morpholine rings is 1. The van der Waals surface area contributed by atoms with Crippen molar-refractivity contribution in [1.82, 2.24) is 10.2 Å². The average Bonchev–Trinajstić information content (AvgIpc) is 3.15. The molecule has 8 nitrogen and oxygen atoms in total. The van der Waals surface area contributed by atoms with Crippen molar-refractivity contribution in [3.8, 4) is 11.1 Å². The van der Waals surface area contributed by atoms with Crippen LogP contribution in [0.3, 0.4) is 0 Å². The highest BCUT2D eigenvalue weighted by Crippen LogP contribution is 2.44. The molecular weight excluding hydrogens is 436 g/mol. The van der Waals surface area contributed by atoms with Gasteiger partial charge in [-0.25, -0.2) is 4.79 Å². The Balaban J connectivity index is 1.35. The van der Waals surface area contributed by atoms with Gasteiger partial charge in [-0.05, 0) is 29.2 Å². The van der Waals surface area contributed by atoms with Crippen LogP contribution < -0.4 is 5.32 Å². The van der Waals surface area contributed by atoms with Crippen molar-refractivity contribution < 1.29 is 29.0 Å². The SMILES string of the molecule is CC(NC(=O)OCC1c2ccccc2-c2ccccc21)C(C)C(=O)N1CCOCC1CC(=O)O. The van der Waals surface area contributed by atoms with E-state index < -0.39 is 30.1 Å². The van der Waals surface area contributed by atoms with Crippen LogP contribution in [0.15, 0.2) is 48.5 Å². The number of aliphatic carboxylic acids is 1. The number of fused-ring (bicyclic) bond motifs is 3. The van der Waals surface area contributed by atoms with Crippen molar-refractivity contribution >= 4 is 18.0 Å². The number of carboxylic acid groups (broad SMARTS) is 1. The topological polar surface area (TPSA) is 105 Å². The molecule has 3 atom stereocenters. The minimum absolute atomic E-state index is 0.0439. The second-order valence-corrected chi connectivity index (χ2v) is 8.91. The number of nitrogens with zero attached hydrogens (tertiary/aromatic N) is 1. The molecule has 1 saturated heterocycles. The Morgan fingerprint density at radius 1 is 1.09 bits per heavy atom. The number of alkyl carbamates (subject to hydrolysis) is 1. The van der Waals surface area contributed by atoms with Crippen LogP contribution in [-0.2, 0) is 19.1 Å². The molecule has 0 radical (unpaired) electrons. The molecule has 34 heavy (non-hydrogen) atoms. The standard InChI is InChI=1S/C26H30N2O6/c1-16(25(31)28-11-12-33-14-18(28)13-24(29)30)17(2)27-26(32)34-15-23-21-9-5-3-7-19(21)20-8-4-6-10-22(20)23/h3-10,16-18,23H,11-15H2,1-2H3,(H,27,32)(H,29,30). The second kappa shape index (κ2) is 10.3. The maximum Gasteiger partial charge on any atom is 0.407 e. The summed E-state index contributed by atoms with van der Waals surface area (Å²) in [5, 5.41) is 11.9. The molecule has 180 valence electrons. The molecule has 1 aliphatic heterocycles. The third kappa shape index (κ3) is 4.92. The highest BCUT2D eigenvalue weighted by Gasteiger charge is 2.34. The number of carboxylic acids is 1. The third-order valence-corrected chi connectivity index (χ3v) is 6.75. The van der Waals surface area contributed by atoms with Crippen LogP contribution in [0.4, 0.5) is 4.79 Å². The molecule has 0 bridgehead atoms. The fourth-order valence-electron chi connectivity index (χ4n) is 4.74. The molecule has 0 spiro atoms. The Morgan fingerprint density at radius 3 is 2.32 bits per heavy atom. The van der Waals surface area contributed by atoms with E-state index in [1.807, 2.05) is 24.3 Å². The molecule has 0 saturated carbocycles. The maximum absolute atomic E-state index is 13.0. The summed E-state index contributed by atoms with van der Waals surface area (Å²) in [4.78, 5) is 38.3. The largest absolute Gasteiger partial charge is 0.481 e. The van der Waals surface area contributed by atoms with E-state index in [0.29, 0.717) is 13.2 Å². The van der Waals surface area contributed by atoms with Gasteiger partial charge >= 0.3 is 12.1 Å². The van der Waals surface area contributed by atoms with Crippen LogP contribution >= 0.6 is 0 Å². The Hall–Kier alpha value is -3.39. The number of hydrogen-bond donors (Lipinski definition) is 2. The van der Waals surface area contributed by atoms with Crippen molar-refractivity contribution in [2.24, 2.45) is 5.92 Å². The van der Waals surface area contributed by atoms with Gasteiger partial charge in [-0.15, -0.1) is 0 Å². The monoisotopic (exact) mass is 466 g/mol. The van der Waals surface area contributed by atoms with Crippen molar-refractivity contribution in [1.29, 1.82) is 0 Å². The lowest BCUT2D eigenvalue weighted by atomic mass is 9.98. The van der Waals surface area contributed by atoms with Crippen LogP contribution in [0, 0.1) is 5.92 Å². The zero-order valence-electron chi connectivity index (χ0n) is 19.4. The molecule has 8 heteroatoms. The lowest BCUT2D eigenvalue weighted by molar-refractivity contribution is -0.149. The van der Waals surface area contributed by atoms with Gasteiger partial charge in [0.2, 0.25) is 5.91 Å². The highest BCUT2D eigenvalue weighted by atomic mass is 16.5. The summed E-state index contributed by atoms with van der Waals surface area (Å²) in [6.07, 6.45) is -0.759. The van der Waals surface area contributed by atoms with E-state index in [9.17, 15) is 14.4 Å². The summed E-state index contributed by atoms with van der Waals surface area (Å²) in [5.74, 6) is -1.78. The molecule has 2 aromatic carbocycles. The van der Waals surface area contributed by atoms with E-state index in [0.717, 1.165) is 22.3 Å².